The normalized spacial score (nSPS) is 40.9. The Morgan fingerprint density at radius 2 is 2.11 bits per heavy atom. The summed E-state index contributed by atoms with van der Waals surface area (Å²) in [5.41, 5.74) is 0. The maximum atomic E-state index is 2.48. The minimum Gasteiger partial charge on any atom is -0.0851 e. The second-order valence-corrected chi connectivity index (χ2v) is 3.21. The first-order valence-corrected chi connectivity index (χ1v) is 3.97. The van der Waals surface area contributed by atoms with Gasteiger partial charge in [-0.2, -0.15) is 0 Å². The third kappa shape index (κ3) is 1.03. The summed E-state index contributed by atoms with van der Waals surface area (Å²) in [5, 5.41) is 0. The molecule has 0 nitrogen and oxygen atoms in total. The summed E-state index contributed by atoms with van der Waals surface area (Å²) in [5.74, 6) is 1.74. The quantitative estimate of drug-likeness (QED) is 0.432. The molecule has 0 heterocycles. The van der Waals surface area contributed by atoms with E-state index in [0.717, 1.165) is 11.8 Å². The van der Waals surface area contributed by atoms with Gasteiger partial charge in [-0.05, 0) is 37.5 Å². The molecule has 0 heteroatoms. The Hall–Kier alpha value is -0.260. The zero-order valence-corrected chi connectivity index (χ0v) is 5.72. The van der Waals surface area contributed by atoms with Crippen LogP contribution in [-0.2, 0) is 0 Å². The van der Waals surface area contributed by atoms with E-state index in [-0.39, 0.29) is 0 Å². The molecule has 1 radical (unpaired) electrons. The van der Waals surface area contributed by atoms with Crippen LogP contribution in [0.2, 0.25) is 0 Å². The molecule has 0 aromatic carbocycles. The highest BCUT2D eigenvalue weighted by atomic mass is 14.2. The lowest BCUT2D eigenvalue weighted by atomic mass is 9.91. The van der Waals surface area contributed by atoms with Gasteiger partial charge in [0, 0.05) is 0 Å². The van der Waals surface area contributed by atoms with Crippen LogP contribution in [0.25, 0.3) is 0 Å². The number of fused-ring (bicyclic) bond motifs is 3. The van der Waals surface area contributed by atoms with Gasteiger partial charge in [-0.25, -0.2) is 0 Å². The van der Waals surface area contributed by atoms with Crippen LogP contribution in [-0.4, -0.2) is 0 Å². The van der Waals surface area contributed by atoms with E-state index in [1.807, 2.05) is 0 Å². The molecule has 3 aliphatic rings. The second kappa shape index (κ2) is 2.17. The highest BCUT2D eigenvalue weighted by Gasteiger charge is 2.19. The van der Waals surface area contributed by atoms with Crippen molar-refractivity contribution in [2.75, 3.05) is 0 Å². The molecule has 0 saturated heterocycles. The lowest BCUT2D eigenvalue weighted by Crippen LogP contribution is -2.02. The van der Waals surface area contributed by atoms with Gasteiger partial charge in [0.05, 0.1) is 0 Å². The molecular weight excluding hydrogens is 108 g/mol. The zero-order valence-electron chi connectivity index (χ0n) is 5.72. The molecule has 3 rings (SSSR count). The van der Waals surface area contributed by atoms with Crippen LogP contribution < -0.4 is 0 Å². The molecule has 0 spiro atoms. The molecule has 0 aliphatic heterocycles. The van der Waals surface area contributed by atoms with Crippen LogP contribution >= 0.6 is 0 Å². The van der Waals surface area contributed by atoms with Gasteiger partial charge in [-0.3, -0.25) is 0 Å². The summed E-state index contributed by atoms with van der Waals surface area (Å²) < 4.78 is 0. The average molecular weight is 121 g/mol. The predicted octanol–water partition coefficient (Wildman–Crippen LogP) is 2.57. The lowest BCUT2D eigenvalue weighted by molar-refractivity contribution is 0.587. The van der Waals surface area contributed by atoms with Crippen LogP contribution in [0.5, 0.6) is 0 Å². The fourth-order valence-electron chi connectivity index (χ4n) is 1.85. The molecular formula is C9H13. The second-order valence-electron chi connectivity index (χ2n) is 3.21. The molecule has 2 unspecified atom stereocenters. The predicted molar refractivity (Wildman–Crippen MR) is 38.9 cm³/mol. The summed E-state index contributed by atoms with van der Waals surface area (Å²) >= 11 is 0. The van der Waals surface area contributed by atoms with Crippen molar-refractivity contribution < 1.29 is 0 Å². The Morgan fingerprint density at radius 1 is 1.11 bits per heavy atom. The van der Waals surface area contributed by atoms with Crippen molar-refractivity contribution >= 4 is 0 Å². The van der Waals surface area contributed by atoms with Gasteiger partial charge < -0.3 is 0 Å². The van der Waals surface area contributed by atoms with Crippen LogP contribution in [0.15, 0.2) is 12.2 Å². The Labute approximate surface area is 57.0 Å². The minimum absolute atomic E-state index is 0.837. The van der Waals surface area contributed by atoms with Gasteiger partial charge in [0.2, 0.25) is 0 Å². The van der Waals surface area contributed by atoms with Gasteiger partial charge in [0.25, 0.3) is 0 Å². The summed E-state index contributed by atoms with van der Waals surface area (Å²) in [6.45, 7) is 0. The monoisotopic (exact) mass is 121 g/mol. The third-order valence-corrected chi connectivity index (χ3v) is 2.48. The van der Waals surface area contributed by atoms with E-state index in [4.69, 9.17) is 0 Å². The van der Waals surface area contributed by atoms with E-state index in [1.54, 1.807) is 0 Å². The van der Waals surface area contributed by atoms with Crippen molar-refractivity contribution in [1.82, 2.24) is 0 Å². The maximum Gasteiger partial charge on any atom is -0.0202 e. The first-order valence-electron chi connectivity index (χ1n) is 3.97. The molecule has 0 aromatic rings. The van der Waals surface area contributed by atoms with Gasteiger partial charge in [0.1, 0.15) is 0 Å². The summed E-state index contributed by atoms with van der Waals surface area (Å²) in [6.07, 6.45) is 12.9. The van der Waals surface area contributed by atoms with Gasteiger partial charge in [-0.15, -0.1) is 0 Å². The molecule has 3 aliphatic carbocycles. The molecule has 49 valence electrons. The van der Waals surface area contributed by atoms with Crippen molar-refractivity contribution in [1.29, 1.82) is 0 Å². The first kappa shape index (κ1) is 5.52. The van der Waals surface area contributed by atoms with Crippen molar-refractivity contribution in [3.63, 3.8) is 0 Å². The fraction of sp³-hybridized carbons (Fsp3) is 0.667. The van der Waals surface area contributed by atoms with Crippen molar-refractivity contribution in [2.24, 2.45) is 11.8 Å². The summed E-state index contributed by atoms with van der Waals surface area (Å²) in [7, 11) is 0. The lowest BCUT2D eigenvalue weighted by Gasteiger charge is -2.14. The summed E-state index contributed by atoms with van der Waals surface area (Å²) in [4.78, 5) is 0. The average Bonchev–Trinajstić information content (AvgIpc) is 2.21. The molecule has 0 amide bonds. The van der Waals surface area contributed by atoms with E-state index in [9.17, 15) is 0 Å². The molecule has 2 atom stereocenters. The van der Waals surface area contributed by atoms with E-state index in [0.29, 0.717) is 0 Å². The van der Waals surface area contributed by atoms with E-state index >= 15 is 0 Å². The van der Waals surface area contributed by atoms with E-state index < -0.39 is 0 Å². The highest BCUT2D eigenvalue weighted by Crippen LogP contribution is 2.32. The Balaban J connectivity index is 2.15. The molecule has 9 heavy (non-hydrogen) atoms. The topological polar surface area (TPSA) is 0 Å². The largest absolute Gasteiger partial charge is 0.0851 e. The maximum absolute atomic E-state index is 2.48. The Bertz CT molecular complexity index is 106. The number of allylic oxidation sites excluding steroid dienone is 2. The summed E-state index contributed by atoms with van der Waals surface area (Å²) in [6, 6.07) is 0. The standard InChI is InChI=1S/C9H13/c1-2-8-4-6-9(3-1)7-5-8/h4-6,8-9H,1-3,7H2. The van der Waals surface area contributed by atoms with Gasteiger partial charge >= 0.3 is 0 Å². The van der Waals surface area contributed by atoms with Gasteiger partial charge in [-0.1, -0.05) is 18.6 Å². The van der Waals surface area contributed by atoms with Gasteiger partial charge in [0.15, 0.2) is 0 Å². The van der Waals surface area contributed by atoms with Crippen LogP contribution in [0.1, 0.15) is 25.7 Å². The SMILES string of the molecule is [CH]1CC2C=CC1CCC2. The van der Waals surface area contributed by atoms with Crippen molar-refractivity contribution in [2.45, 2.75) is 25.7 Å². The molecule has 0 aromatic heterocycles. The number of hydrogen-bond donors (Lipinski definition) is 0. The molecule has 1 fully saturated rings. The fourth-order valence-corrected chi connectivity index (χ4v) is 1.85. The van der Waals surface area contributed by atoms with E-state index in [1.165, 1.54) is 25.7 Å². The zero-order chi connectivity index (χ0) is 6.10. The van der Waals surface area contributed by atoms with Crippen LogP contribution in [0.4, 0.5) is 0 Å². The Morgan fingerprint density at radius 3 is 2.89 bits per heavy atom. The number of hydrogen-bond acceptors (Lipinski definition) is 0. The molecule has 2 bridgehead atoms. The molecule has 1 saturated carbocycles. The highest BCUT2D eigenvalue weighted by molar-refractivity contribution is 5.07. The molecule has 0 N–H and O–H groups in total. The van der Waals surface area contributed by atoms with Crippen LogP contribution in [0.3, 0.4) is 0 Å². The van der Waals surface area contributed by atoms with E-state index in [2.05, 4.69) is 18.6 Å². The minimum atomic E-state index is 0.837. The third-order valence-electron chi connectivity index (χ3n) is 2.48. The van der Waals surface area contributed by atoms with Crippen molar-refractivity contribution in [3.05, 3.63) is 18.6 Å². The van der Waals surface area contributed by atoms with Crippen LogP contribution in [0, 0.1) is 18.3 Å². The first-order chi connectivity index (χ1) is 4.45. The van der Waals surface area contributed by atoms with Crippen molar-refractivity contribution in [3.8, 4) is 0 Å². The Kier molecular flexibility index (Phi) is 1.33. The smallest absolute Gasteiger partial charge is 0.0202 e. The number of rotatable bonds is 0.